The van der Waals surface area contributed by atoms with Crippen LogP contribution in [0.25, 0.3) is 0 Å². The molecule has 0 aliphatic carbocycles. The Balaban J connectivity index is 1.46. The van der Waals surface area contributed by atoms with Gasteiger partial charge in [-0.15, -0.1) is 0 Å². The first-order valence-electron chi connectivity index (χ1n) is 11.1. The minimum absolute atomic E-state index is 0.0877. The SMILES string of the molecule is C=NNC(=NC(=C)C(C)F)OCC(=O)Nc1ccc(N2CCN(C(=O)Oc3ccccc3)CC2)nc1. The zero-order valence-corrected chi connectivity index (χ0v) is 19.9. The summed E-state index contributed by atoms with van der Waals surface area (Å²) in [6.07, 6.45) is -0.251. The van der Waals surface area contributed by atoms with Gasteiger partial charge in [0.2, 0.25) is 0 Å². The average Bonchev–Trinajstić information content (AvgIpc) is 2.88. The number of piperazine rings is 1. The molecule has 0 saturated carbocycles. The Kier molecular flexibility index (Phi) is 9.32. The fourth-order valence-corrected chi connectivity index (χ4v) is 3.13. The number of nitrogens with one attached hydrogen (secondary N) is 2. The van der Waals surface area contributed by atoms with Crippen molar-refractivity contribution in [1.82, 2.24) is 15.3 Å². The molecule has 12 heteroatoms. The molecule has 1 aliphatic heterocycles. The van der Waals surface area contributed by atoms with Crippen molar-refractivity contribution in [2.24, 2.45) is 10.1 Å². The van der Waals surface area contributed by atoms with Gasteiger partial charge in [-0.2, -0.15) is 10.1 Å². The molecule has 2 aromatic rings. The van der Waals surface area contributed by atoms with Crippen LogP contribution in [0.2, 0.25) is 0 Å². The predicted octanol–water partition coefficient (Wildman–Crippen LogP) is 2.79. The Morgan fingerprint density at radius 3 is 2.50 bits per heavy atom. The second kappa shape index (κ2) is 12.8. The first-order valence-corrected chi connectivity index (χ1v) is 11.1. The van der Waals surface area contributed by atoms with Crippen LogP contribution in [0, 0.1) is 0 Å². The van der Waals surface area contributed by atoms with E-state index in [1.807, 2.05) is 11.0 Å². The van der Waals surface area contributed by atoms with Crippen LogP contribution in [0.1, 0.15) is 6.92 Å². The molecule has 2 heterocycles. The van der Waals surface area contributed by atoms with Gasteiger partial charge in [0.15, 0.2) is 6.61 Å². The molecule has 1 saturated heterocycles. The van der Waals surface area contributed by atoms with Crippen LogP contribution in [0.3, 0.4) is 0 Å². The van der Waals surface area contributed by atoms with Gasteiger partial charge in [-0.3, -0.25) is 4.79 Å². The summed E-state index contributed by atoms with van der Waals surface area (Å²) in [5, 5.41) is 6.05. The number of benzene rings is 1. The quantitative estimate of drug-likeness (QED) is 0.327. The lowest BCUT2D eigenvalue weighted by Crippen LogP contribution is -2.49. The first kappa shape index (κ1) is 26.1. The number of amidine groups is 1. The number of para-hydroxylation sites is 1. The fraction of sp³-hybridized carbons (Fsp3) is 0.292. The Hall–Kier alpha value is -4.48. The monoisotopic (exact) mass is 497 g/mol. The number of carbonyl (C=O) groups excluding carboxylic acids is 2. The Labute approximate surface area is 208 Å². The average molecular weight is 498 g/mol. The van der Waals surface area contributed by atoms with Gasteiger partial charge in [-0.25, -0.2) is 19.6 Å². The smallest absolute Gasteiger partial charge is 0.415 e. The lowest BCUT2D eigenvalue weighted by molar-refractivity contribution is -0.118. The van der Waals surface area contributed by atoms with E-state index in [9.17, 15) is 14.0 Å². The molecular weight excluding hydrogens is 469 g/mol. The highest BCUT2D eigenvalue weighted by Crippen LogP contribution is 2.17. The van der Waals surface area contributed by atoms with Crippen LogP contribution >= 0.6 is 0 Å². The van der Waals surface area contributed by atoms with E-state index in [2.05, 4.69) is 39.1 Å². The lowest BCUT2D eigenvalue weighted by Gasteiger charge is -2.34. The molecule has 2 amide bonds. The van der Waals surface area contributed by atoms with Gasteiger partial charge in [-0.05, 0) is 31.2 Å². The summed E-state index contributed by atoms with van der Waals surface area (Å²) in [5.74, 6) is 0.744. The number of rotatable bonds is 8. The number of allylic oxidation sites excluding steroid dienone is 1. The van der Waals surface area contributed by atoms with Crippen molar-refractivity contribution >= 4 is 36.2 Å². The molecule has 1 aromatic carbocycles. The molecule has 0 radical (unpaired) electrons. The standard InChI is InChI=1S/C24H28FN7O4/c1-17(25)18(2)28-23(30-26-3)35-16-22(33)29-19-9-10-21(27-15-19)31-11-13-32(14-12-31)24(34)36-20-7-5-4-6-8-20/h4-10,15,17H,2-3,11-14,16H2,1H3,(H,28,30)(H,29,33). The van der Waals surface area contributed by atoms with Crippen LogP contribution < -0.4 is 20.4 Å². The Morgan fingerprint density at radius 2 is 1.89 bits per heavy atom. The van der Waals surface area contributed by atoms with Gasteiger partial charge < -0.3 is 24.6 Å². The van der Waals surface area contributed by atoms with Crippen molar-refractivity contribution in [2.75, 3.05) is 43.0 Å². The second-order valence-electron chi connectivity index (χ2n) is 7.69. The van der Waals surface area contributed by atoms with Gasteiger partial charge in [-0.1, -0.05) is 24.8 Å². The number of hydrogen-bond donors (Lipinski definition) is 2. The third kappa shape index (κ3) is 7.79. The number of amides is 2. The second-order valence-corrected chi connectivity index (χ2v) is 7.69. The summed E-state index contributed by atoms with van der Waals surface area (Å²) < 4.78 is 23.8. The fourth-order valence-electron chi connectivity index (χ4n) is 3.13. The molecule has 11 nitrogen and oxygen atoms in total. The van der Waals surface area contributed by atoms with Gasteiger partial charge in [0.1, 0.15) is 17.7 Å². The highest BCUT2D eigenvalue weighted by molar-refractivity contribution is 5.93. The minimum atomic E-state index is -1.39. The summed E-state index contributed by atoms with van der Waals surface area (Å²) >= 11 is 0. The highest BCUT2D eigenvalue weighted by atomic mass is 19.1. The van der Waals surface area contributed by atoms with Crippen molar-refractivity contribution in [1.29, 1.82) is 0 Å². The number of alkyl halides is 1. The number of aliphatic imine (C=N–C) groups is 1. The van der Waals surface area contributed by atoms with Crippen LogP contribution in [-0.4, -0.2) is 73.6 Å². The number of carbonyl (C=O) groups is 2. The molecule has 1 unspecified atom stereocenters. The number of aromatic nitrogens is 1. The predicted molar refractivity (Wildman–Crippen MR) is 135 cm³/mol. The number of halogens is 1. The highest BCUT2D eigenvalue weighted by Gasteiger charge is 2.23. The third-order valence-electron chi connectivity index (χ3n) is 5.06. The van der Waals surface area contributed by atoms with E-state index in [0.717, 1.165) is 5.82 Å². The van der Waals surface area contributed by atoms with Crippen molar-refractivity contribution in [3.63, 3.8) is 0 Å². The molecule has 1 aromatic heterocycles. The molecule has 0 spiro atoms. The molecule has 1 fully saturated rings. The molecule has 36 heavy (non-hydrogen) atoms. The van der Waals surface area contributed by atoms with E-state index in [-0.39, 0.29) is 17.8 Å². The van der Waals surface area contributed by atoms with Crippen LogP contribution in [-0.2, 0) is 9.53 Å². The number of anilines is 2. The molecule has 1 aliphatic rings. The molecule has 2 N–H and O–H groups in total. The van der Waals surface area contributed by atoms with E-state index in [1.54, 1.807) is 41.3 Å². The number of ether oxygens (including phenoxy) is 2. The van der Waals surface area contributed by atoms with Crippen LogP contribution in [0.5, 0.6) is 5.75 Å². The number of pyridine rings is 1. The Bertz CT molecular complexity index is 1090. The maximum absolute atomic E-state index is 13.2. The van der Waals surface area contributed by atoms with Crippen LogP contribution in [0.4, 0.5) is 20.7 Å². The minimum Gasteiger partial charge on any atom is -0.454 e. The number of nitrogens with zero attached hydrogens (tertiary/aromatic N) is 5. The molecule has 190 valence electrons. The zero-order chi connectivity index (χ0) is 25.9. The summed E-state index contributed by atoms with van der Waals surface area (Å²) in [7, 11) is 0. The van der Waals surface area contributed by atoms with Gasteiger partial charge >= 0.3 is 12.1 Å². The van der Waals surface area contributed by atoms with Gasteiger partial charge in [0.25, 0.3) is 5.91 Å². The van der Waals surface area contributed by atoms with Crippen LogP contribution in [0.15, 0.2) is 71.0 Å². The summed E-state index contributed by atoms with van der Waals surface area (Å²) in [5.41, 5.74) is 2.71. The van der Waals surface area contributed by atoms with E-state index in [4.69, 9.17) is 9.47 Å². The normalized spacial score (nSPS) is 14.4. The third-order valence-corrected chi connectivity index (χ3v) is 5.06. The maximum Gasteiger partial charge on any atom is 0.415 e. The van der Waals surface area contributed by atoms with E-state index < -0.39 is 18.7 Å². The van der Waals surface area contributed by atoms with Crippen molar-refractivity contribution in [3.8, 4) is 5.75 Å². The van der Waals surface area contributed by atoms with Gasteiger partial charge in [0.05, 0.1) is 17.6 Å². The lowest BCUT2D eigenvalue weighted by atomic mass is 10.3. The molecule has 0 bridgehead atoms. The topological polar surface area (TPSA) is 121 Å². The number of hydrogen-bond acceptors (Lipinski definition) is 8. The summed E-state index contributed by atoms with van der Waals surface area (Å²) in [6.45, 7) is 9.74. The van der Waals surface area contributed by atoms with Crippen molar-refractivity contribution in [2.45, 2.75) is 13.1 Å². The number of hydrazone groups is 1. The zero-order valence-electron chi connectivity index (χ0n) is 19.9. The van der Waals surface area contributed by atoms with Gasteiger partial charge in [0, 0.05) is 32.9 Å². The van der Waals surface area contributed by atoms with E-state index in [1.165, 1.54) is 13.1 Å². The largest absolute Gasteiger partial charge is 0.454 e. The molecule has 1 atom stereocenters. The molecular formula is C24H28FN7O4. The summed E-state index contributed by atoms with van der Waals surface area (Å²) in [4.78, 5) is 36.4. The van der Waals surface area contributed by atoms with E-state index in [0.29, 0.717) is 37.6 Å². The van der Waals surface area contributed by atoms with Crippen molar-refractivity contribution < 1.29 is 23.5 Å². The summed E-state index contributed by atoms with van der Waals surface area (Å²) in [6, 6.07) is 12.2. The van der Waals surface area contributed by atoms with E-state index >= 15 is 0 Å². The first-order chi connectivity index (χ1) is 17.4. The molecule has 3 rings (SSSR count). The maximum atomic E-state index is 13.2. The Morgan fingerprint density at radius 1 is 1.17 bits per heavy atom. The van der Waals surface area contributed by atoms with Crippen molar-refractivity contribution in [3.05, 3.63) is 60.9 Å².